The maximum absolute atomic E-state index is 13.4. The van der Waals surface area contributed by atoms with Gasteiger partial charge in [0.2, 0.25) is 0 Å². The number of carbonyl (C=O) groups is 1. The standard InChI is InChI=1S/C14H18F2N2O2/c15-14(16)7-6-12(8-17)18(10-14)13(19)20-9-11-4-2-1-3-5-11/h1-5,12H,6-10,17H2. The maximum Gasteiger partial charge on any atom is 0.410 e. The Hall–Kier alpha value is -1.69. The van der Waals surface area contributed by atoms with Crippen molar-refractivity contribution in [3.05, 3.63) is 35.9 Å². The van der Waals surface area contributed by atoms with Crippen molar-refractivity contribution in [1.29, 1.82) is 0 Å². The monoisotopic (exact) mass is 284 g/mol. The highest BCUT2D eigenvalue weighted by Gasteiger charge is 2.42. The quantitative estimate of drug-likeness (QED) is 0.927. The molecule has 6 heteroatoms. The second-order valence-electron chi connectivity index (χ2n) is 4.95. The van der Waals surface area contributed by atoms with E-state index in [-0.39, 0.29) is 32.0 Å². The van der Waals surface area contributed by atoms with Gasteiger partial charge in [0.1, 0.15) is 6.61 Å². The van der Waals surface area contributed by atoms with Crippen LogP contribution < -0.4 is 5.73 Å². The summed E-state index contributed by atoms with van der Waals surface area (Å²) in [5.74, 6) is -2.86. The Morgan fingerprint density at radius 2 is 2.10 bits per heavy atom. The van der Waals surface area contributed by atoms with Gasteiger partial charge in [-0.3, -0.25) is 4.90 Å². The predicted octanol–water partition coefficient (Wildman–Crippen LogP) is 2.38. The van der Waals surface area contributed by atoms with Crippen LogP contribution in [0.4, 0.5) is 13.6 Å². The molecule has 1 aliphatic heterocycles. The number of nitrogens with two attached hydrogens (primary N) is 1. The lowest BCUT2D eigenvalue weighted by Gasteiger charge is -2.38. The van der Waals surface area contributed by atoms with Crippen LogP contribution in [-0.2, 0) is 11.3 Å². The molecule has 0 spiro atoms. The number of likely N-dealkylation sites (tertiary alicyclic amines) is 1. The molecule has 1 atom stereocenters. The molecule has 4 nitrogen and oxygen atoms in total. The summed E-state index contributed by atoms with van der Waals surface area (Å²) < 4.78 is 31.9. The van der Waals surface area contributed by atoms with Crippen molar-refractivity contribution in [2.45, 2.75) is 31.4 Å². The first-order valence-corrected chi connectivity index (χ1v) is 6.57. The van der Waals surface area contributed by atoms with Crippen LogP contribution in [0.2, 0.25) is 0 Å². The van der Waals surface area contributed by atoms with Gasteiger partial charge >= 0.3 is 6.09 Å². The summed E-state index contributed by atoms with van der Waals surface area (Å²) in [4.78, 5) is 13.0. The van der Waals surface area contributed by atoms with Crippen molar-refractivity contribution < 1.29 is 18.3 Å². The lowest BCUT2D eigenvalue weighted by molar-refractivity contribution is -0.0766. The van der Waals surface area contributed by atoms with Gasteiger partial charge in [-0.25, -0.2) is 13.6 Å². The van der Waals surface area contributed by atoms with Crippen LogP contribution in [0.1, 0.15) is 18.4 Å². The number of hydrogen-bond donors (Lipinski definition) is 1. The fourth-order valence-electron chi connectivity index (χ4n) is 2.25. The molecule has 1 aliphatic rings. The van der Waals surface area contributed by atoms with E-state index < -0.39 is 18.6 Å². The van der Waals surface area contributed by atoms with E-state index in [2.05, 4.69) is 0 Å². The van der Waals surface area contributed by atoms with Crippen molar-refractivity contribution in [3.63, 3.8) is 0 Å². The Labute approximate surface area is 116 Å². The van der Waals surface area contributed by atoms with Crippen molar-refractivity contribution >= 4 is 6.09 Å². The molecule has 2 N–H and O–H groups in total. The van der Waals surface area contributed by atoms with Crippen molar-refractivity contribution in [1.82, 2.24) is 4.90 Å². The predicted molar refractivity (Wildman–Crippen MR) is 70.4 cm³/mol. The Kier molecular flexibility index (Phi) is 4.54. The fraction of sp³-hybridized carbons (Fsp3) is 0.500. The number of hydrogen-bond acceptors (Lipinski definition) is 3. The number of halogens is 2. The van der Waals surface area contributed by atoms with Crippen LogP contribution in [0, 0.1) is 0 Å². The van der Waals surface area contributed by atoms with Gasteiger partial charge in [0.05, 0.1) is 6.54 Å². The summed E-state index contributed by atoms with van der Waals surface area (Å²) in [6.45, 7) is -0.391. The Morgan fingerprint density at radius 1 is 1.40 bits per heavy atom. The molecule has 1 amide bonds. The zero-order chi connectivity index (χ0) is 14.6. The van der Waals surface area contributed by atoms with Crippen LogP contribution in [0.5, 0.6) is 0 Å². The lowest BCUT2D eigenvalue weighted by atomic mass is 10.00. The molecule has 0 aliphatic carbocycles. The van der Waals surface area contributed by atoms with Crippen LogP contribution in [0.15, 0.2) is 30.3 Å². The average Bonchev–Trinajstić information content (AvgIpc) is 2.45. The Bertz CT molecular complexity index is 454. The molecule has 1 saturated heterocycles. The highest BCUT2D eigenvalue weighted by atomic mass is 19.3. The van der Waals surface area contributed by atoms with Crippen molar-refractivity contribution in [2.75, 3.05) is 13.1 Å². The fourth-order valence-corrected chi connectivity index (χ4v) is 2.25. The molecule has 0 bridgehead atoms. The number of amides is 1. The Morgan fingerprint density at radius 3 is 2.75 bits per heavy atom. The first-order chi connectivity index (χ1) is 9.52. The maximum atomic E-state index is 13.4. The van der Waals surface area contributed by atoms with Crippen LogP contribution in [-0.4, -0.2) is 36.0 Å². The molecule has 1 aromatic rings. The largest absolute Gasteiger partial charge is 0.445 e. The first kappa shape index (κ1) is 14.7. The SMILES string of the molecule is NCC1CCC(F)(F)CN1C(=O)OCc1ccccc1. The number of alkyl halides is 2. The third-order valence-electron chi connectivity index (χ3n) is 3.40. The zero-order valence-electron chi connectivity index (χ0n) is 11.1. The first-order valence-electron chi connectivity index (χ1n) is 6.57. The summed E-state index contributed by atoms with van der Waals surface area (Å²) in [5, 5.41) is 0. The molecule has 0 radical (unpaired) electrons. The average molecular weight is 284 g/mol. The van der Waals surface area contributed by atoms with Gasteiger partial charge in [-0.1, -0.05) is 30.3 Å². The normalized spacial score (nSPS) is 21.6. The van der Waals surface area contributed by atoms with Crippen molar-refractivity contribution in [3.8, 4) is 0 Å². The number of benzene rings is 1. The van der Waals surface area contributed by atoms with Crippen LogP contribution in [0.3, 0.4) is 0 Å². The van der Waals surface area contributed by atoms with Gasteiger partial charge in [0, 0.05) is 19.0 Å². The lowest BCUT2D eigenvalue weighted by Crippen LogP contribution is -2.54. The minimum atomic E-state index is -2.86. The van der Waals surface area contributed by atoms with Crippen LogP contribution >= 0.6 is 0 Å². The highest BCUT2D eigenvalue weighted by Crippen LogP contribution is 2.30. The van der Waals surface area contributed by atoms with Gasteiger partial charge in [-0.2, -0.15) is 0 Å². The smallest absolute Gasteiger partial charge is 0.410 e. The highest BCUT2D eigenvalue weighted by molar-refractivity contribution is 5.68. The molecule has 1 heterocycles. The van der Waals surface area contributed by atoms with Crippen molar-refractivity contribution in [2.24, 2.45) is 5.73 Å². The molecule has 1 fully saturated rings. The molecule has 1 unspecified atom stereocenters. The molecule has 0 saturated carbocycles. The molecular formula is C14H18F2N2O2. The molecular weight excluding hydrogens is 266 g/mol. The molecule has 110 valence electrons. The van der Waals surface area contributed by atoms with Gasteiger partial charge in [0.15, 0.2) is 0 Å². The van der Waals surface area contributed by atoms with E-state index in [0.29, 0.717) is 0 Å². The summed E-state index contributed by atoms with van der Waals surface area (Å²) in [5.41, 5.74) is 6.35. The zero-order valence-corrected chi connectivity index (χ0v) is 11.1. The second kappa shape index (κ2) is 6.17. The minimum absolute atomic E-state index is 0.0685. The second-order valence-corrected chi connectivity index (χ2v) is 4.95. The van der Waals surface area contributed by atoms with Gasteiger partial charge < -0.3 is 10.5 Å². The Balaban J connectivity index is 1.95. The van der Waals surface area contributed by atoms with E-state index in [1.807, 2.05) is 18.2 Å². The van der Waals surface area contributed by atoms with E-state index in [1.165, 1.54) is 0 Å². The topological polar surface area (TPSA) is 55.6 Å². The summed E-state index contributed by atoms with van der Waals surface area (Å²) >= 11 is 0. The van der Waals surface area contributed by atoms with Crippen LogP contribution in [0.25, 0.3) is 0 Å². The van der Waals surface area contributed by atoms with E-state index in [1.54, 1.807) is 12.1 Å². The van der Waals surface area contributed by atoms with E-state index >= 15 is 0 Å². The summed E-state index contributed by atoms with van der Waals surface area (Å²) in [7, 11) is 0. The van der Waals surface area contributed by atoms with Gasteiger partial charge in [-0.15, -0.1) is 0 Å². The van der Waals surface area contributed by atoms with Gasteiger partial charge in [0.25, 0.3) is 5.92 Å². The number of nitrogens with zero attached hydrogens (tertiary/aromatic N) is 1. The van der Waals surface area contributed by atoms with E-state index in [4.69, 9.17) is 10.5 Å². The summed E-state index contributed by atoms with van der Waals surface area (Å²) in [6, 6.07) is 8.72. The van der Waals surface area contributed by atoms with E-state index in [0.717, 1.165) is 10.5 Å². The number of carbonyl (C=O) groups excluding carboxylic acids is 1. The molecule has 1 aromatic carbocycles. The minimum Gasteiger partial charge on any atom is -0.445 e. The van der Waals surface area contributed by atoms with Gasteiger partial charge in [-0.05, 0) is 12.0 Å². The number of piperidine rings is 1. The van der Waals surface area contributed by atoms with E-state index in [9.17, 15) is 13.6 Å². The third-order valence-corrected chi connectivity index (χ3v) is 3.40. The molecule has 0 aromatic heterocycles. The third kappa shape index (κ3) is 3.66. The molecule has 2 rings (SSSR count). The number of rotatable bonds is 3. The summed E-state index contributed by atoms with van der Waals surface area (Å²) in [6.07, 6.45) is -0.773. The molecule has 20 heavy (non-hydrogen) atoms. The number of ether oxygens (including phenoxy) is 1.